The van der Waals surface area contributed by atoms with Crippen molar-refractivity contribution in [2.24, 2.45) is 0 Å². The van der Waals surface area contributed by atoms with Crippen molar-refractivity contribution in [3.8, 4) is 17.1 Å². The molecule has 0 aliphatic carbocycles. The van der Waals surface area contributed by atoms with Gasteiger partial charge < -0.3 is 25.1 Å². The third-order valence-corrected chi connectivity index (χ3v) is 4.95. The largest absolute Gasteiger partial charge is 0.483 e. The Morgan fingerprint density at radius 3 is 2.45 bits per heavy atom. The second-order valence-corrected chi connectivity index (χ2v) is 6.97. The summed E-state index contributed by atoms with van der Waals surface area (Å²) in [4.78, 5) is 37.3. The minimum absolute atomic E-state index is 0.0761. The van der Waals surface area contributed by atoms with Gasteiger partial charge in [-0.3, -0.25) is 14.4 Å². The van der Waals surface area contributed by atoms with Crippen LogP contribution in [0.3, 0.4) is 0 Å². The zero-order valence-corrected chi connectivity index (χ0v) is 16.7. The molecule has 0 saturated carbocycles. The van der Waals surface area contributed by atoms with E-state index in [1.807, 2.05) is 0 Å². The maximum absolute atomic E-state index is 13.4. The highest BCUT2D eigenvalue weighted by molar-refractivity contribution is 6.13. The van der Waals surface area contributed by atoms with Gasteiger partial charge in [-0.15, -0.1) is 0 Å². The lowest BCUT2D eigenvalue weighted by molar-refractivity contribution is -0.123. The highest BCUT2D eigenvalue weighted by atomic mass is 19.1. The highest BCUT2D eigenvalue weighted by Gasteiger charge is 2.27. The van der Waals surface area contributed by atoms with Gasteiger partial charge in [-0.25, -0.2) is 4.39 Å². The summed E-state index contributed by atoms with van der Waals surface area (Å²) in [5.74, 6) is -0.919. The summed E-state index contributed by atoms with van der Waals surface area (Å²) in [6.45, 7) is 0.318. The minimum Gasteiger partial charge on any atom is -0.483 e. The predicted molar refractivity (Wildman–Crippen MR) is 110 cm³/mol. The number of nitrogens with one attached hydrogen (secondary N) is 3. The summed E-state index contributed by atoms with van der Waals surface area (Å²) in [6.07, 6.45) is -0.0761. The monoisotopic (exact) mass is 425 g/mol. The van der Waals surface area contributed by atoms with Crippen molar-refractivity contribution in [1.29, 1.82) is 0 Å². The van der Waals surface area contributed by atoms with Crippen LogP contribution in [0.5, 0.6) is 5.75 Å². The number of amides is 3. The van der Waals surface area contributed by atoms with Crippen molar-refractivity contribution in [3.05, 3.63) is 53.3 Å². The number of benzene rings is 2. The van der Waals surface area contributed by atoms with Gasteiger partial charge in [0.2, 0.25) is 5.91 Å². The molecule has 31 heavy (non-hydrogen) atoms. The van der Waals surface area contributed by atoms with Crippen molar-refractivity contribution in [2.45, 2.75) is 6.42 Å². The van der Waals surface area contributed by atoms with Gasteiger partial charge in [0.1, 0.15) is 22.9 Å². The first-order valence-corrected chi connectivity index (χ1v) is 9.70. The number of rotatable bonds is 2. The maximum Gasteiger partial charge on any atom is 0.258 e. The molecule has 9 heteroatoms. The van der Waals surface area contributed by atoms with E-state index in [9.17, 15) is 18.8 Å². The van der Waals surface area contributed by atoms with E-state index >= 15 is 0 Å². The maximum atomic E-state index is 13.4. The number of hydrogen-bond acceptors (Lipinski definition) is 5. The Labute approximate surface area is 176 Å². The topological polar surface area (TPSA) is 110 Å². The standard InChI is InChI=1S/C22H20FN3O5/c1-24-22(29)20-19-14-10-17(27)25-8-9-26-18(28)11-30-15(14)6-7-16(19)31-21(20)12-2-4-13(23)5-3-12/h2-7H,8-11H2,1H3,(H,24,29)(H,25,27)(H,26,28). The Hall–Kier alpha value is -3.88. The Bertz CT molecular complexity index is 1170. The smallest absolute Gasteiger partial charge is 0.258 e. The predicted octanol–water partition coefficient (Wildman–Crippen LogP) is 1.77. The third kappa shape index (κ3) is 4.07. The fourth-order valence-corrected chi connectivity index (χ4v) is 3.52. The first kappa shape index (κ1) is 20.4. The average Bonchev–Trinajstić information content (AvgIpc) is 3.14. The van der Waals surface area contributed by atoms with E-state index in [1.54, 1.807) is 12.1 Å². The van der Waals surface area contributed by atoms with Crippen molar-refractivity contribution in [2.75, 3.05) is 26.7 Å². The van der Waals surface area contributed by atoms with Crippen LogP contribution in [0.25, 0.3) is 22.3 Å². The van der Waals surface area contributed by atoms with Crippen LogP contribution in [-0.4, -0.2) is 44.5 Å². The van der Waals surface area contributed by atoms with Crippen molar-refractivity contribution >= 4 is 28.7 Å². The molecule has 3 amide bonds. The second kappa shape index (κ2) is 8.47. The molecule has 0 atom stereocenters. The Balaban J connectivity index is 1.95. The van der Waals surface area contributed by atoms with Gasteiger partial charge in [-0.05, 0) is 36.4 Å². The van der Waals surface area contributed by atoms with E-state index in [4.69, 9.17) is 9.15 Å². The van der Waals surface area contributed by atoms with Crippen molar-refractivity contribution in [3.63, 3.8) is 0 Å². The summed E-state index contributed by atoms with van der Waals surface area (Å²) >= 11 is 0. The SMILES string of the molecule is CNC(=O)c1c(-c2ccc(F)cc2)oc2ccc3c(c12)CC(=O)NCCNC(=O)CO3. The molecule has 160 valence electrons. The number of carbonyl (C=O) groups excluding carboxylic acids is 3. The van der Waals surface area contributed by atoms with Crippen LogP contribution < -0.4 is 20.7 Å². The van der Waals surface area contributed by atoms with Gasteiger partial charge in [0.05, 0.1) is 12.0 Å². The van der Waals surface area contributed by atoms with Crippen LogP contribution in [0.2, 0.25) is 0 Å². The first-order chi connectivity index (χ1) is 15.0. The lowest BCUT2D eigenvalue weighted by Gasteiger charge is -2.12. The molecule has 0 unspecified atom stereocenters. The van der Waals surface area contributed by atoms with E-state index in [0.717, 1.165) is 0 Å². The molecule has 2 aromatic carbocycles. The van der Waals surface area contributed by atoms with Crippen LogP contribution in [0.15, 0.2) is 40.8 Å². The number of furan rings is 1. The van der Waals surface area contributed by atoms with Crippen LogP contribution in [0, 0.1) is 5.82 Å². The molecule has 0 radical (unpaired) electrons. The molecule has 0 saturated heterocycles. The van der Waals surface area contributed by atoms with Crippen LogP contribution in [0.1, 0.15) is 15.9 Å². The second-order valence-electron chi connectivity index (χ2n) is 6.97. The molecular formula is C22H20FN3O5. The van der Waals surface area contributed by atoms with Gasteiger partial charge in [-0.2, -0.15) is 0 Å². The summed E-state index contributed by atoms with van der Waals surface area (Å²) in [5, 5.41) is 8.37. The fourth-order valence-electron chi connectivity index (χ4n) is 3.52. The lowest BCUT2D eigenvalue weighted by Crippen LogP contribution is -2.36. The van der Waals surface area contributed by atoms with E-state index in [1.165, 1.54) is 31.3 Å². The zero-order chi connectivity index (χ0) is 22.0. The normalized spacial score (nSPS) is 14.6. The molecule has 4 rings (SSSR count). The molecule has 2 heterocycles. The zero-order valence-electron chi connectivity index (χ0n) is 16.7. The van der Waals surface area contributed by atoms with E-state index < -0.39 is 11.7 Å². The van der Waals surface area contributed by atoms with Gasteiger partial charge in [0, 0.05) is 36.7 Å². The van der Waals surface area contributed by atoms with Crippen LogP contribution in [0.4, 0.5) is 4.39 Å². The van der Waals surface area contributed by atoms with E-state index in [0.29, 0.717) is 27.8 Å². The summed E-state index contributed by atoms with van der Waals surface area (Å²) in [6, 6.07) is 8.78. The number of carbonyl (C=O) groups is 3. The Kier molecular flexibility index (Phi) is 5.57. The van der Waals surface area contributed by atoms with Crippen molar-refractivity contribution in [1.82, 2.24) is 16.0 Å². The minimum atomic E-state index is -0.432. The molecule has 3 N–H and O–H groups in total. The van der Waals surface area contributed by atoms with E-state index in [-0.39, 0.29) is 49.3 Å². The average molecular weight is 425 g/mol. The van der Waals surface area contributed by atoms with Crippen LogP contribution >= 0.6 is 0 Å². The Morgan fingerprint density at radius 2 is 1.74 bits per heavy atom. The summed E-state index contributed by atoms with van der Waals surface area (Å²) in [5.41, 5.74) is 1.51. The molecule has 0 bridgehead atoms. The number of halogens is 1. The lowest BCUT2D eigenvalue weighted by atomic mass is 9.98. The van der Waals surface area contributed by atoms with Crippen LogP contribution in [-0.2, 0) is 16.0 Å². The molecule has 0 fully saturated rings. The van der Waals surface area contributed by atoms with Gasteiger partial charge in [0.15, 0.2) is 6.61 Å². The molecule has 8 nitrogen and oxygen atoms in total. The van der Waals surface area contributed by atoms with E-state index in [2.05, 4.69) is 16.0 Å². The molecule has 1 aromatic heterocycles. The number of fused-ring (bicyclic) bond motifs is 3. The van der Waals surface area contributed by atoms with Crippen molar-refractivity contribution < 1.29 is 27.9 Å². The summed E-state index contributed by atoms with van der Waals surface area (Å²) < 4.78 is 25.1. The first-order valence-electron chi connectivity index (χ1n) is 9.70. The van der Waals surface area contributed by atoms with Gasteiger partial charge in [-0.1, -0.05) is 0 Å². The molecule has 1 aliphatic heterocycles. The van der Waals surface area contributed by atoms with Gasteiger partial charge in [0.25, 0.3) is 11.8 Å². The third-order valence-electron chi connectivity index (χ3n) is 4.95. The fraction of sp³-hybridized carbons (Fsp3) is 0.227. The molecule has 1 aliphatic rings. The number of hydrogen-bond donors (Lipinski definition) is 3. The molecular weight excluding hydrogens is 405 g/mol. The quantitative estimate of drug-likeness (QED) is 0.580. The molecule has 0 spiro atoms. The number of ether oxygens (including phenoxy) is 1. The van der Waals surface area contributed by atoms with Gasteiger partial charge >= 0.3 is 0 Å². The Morgan fingerprint density at radius 1 is 1.03 bits per heavy atom. The molecule has 3 aromatic rings. The highest BCUT2D eigenvalue weighted by Crippen LogP contribution is 2.39. The summed E-state index contributed by atoms with van der Waals surface area (Å²) in [7, 11) is 1.48.